The molecule has 0 aromatic heterocycles. The van der Waals surface area contributed by atoms with Crippen molar-refractivity contribution in [1.82, 2.24) is 4.90 Å². The number of fused-ring (bicyclic) bond motifs is 1. The monoisotopic (exact) mass is 250 g/mol. The van der Waals surface area contributed by atoms with E-state index in [0.29, 0.717) is 12.4 Å². The molecule has 4 heteroatoms. The van der Waals surface area contributed by atoms with E-state index in [1.165, 1.54) is 12.1 Å². The number of nitrogens with zero attached hydrogens (tertiary/aromatic N) is 1. The summed E-state index contributed by atoms with van der Waals surface area (Å²) in [5.74, 6) is 0.159. The van der Waals surface area contributed by atoms with E-state index in [0.717, 1.165) is 43.7 Å². The number of nitrogens with one attached hydrogen (secondary N) is 1. The van der Waals surface area contributed by atoms with Crippen molar-refractivity contribution in [2.45, 2.75) is 26.3 Å². The second-order valence-corrected chi connectivity index (χ2v) is 4.54. The predicted octanol–water partition coefficient (Wildman–Crippen LogP) is 2.78. The number of rotatable bonds is 6. The Morgan fingerprint density at radius 2 is 2.22 bits per heavy atom. The zero-order valence-corrected chi connectivity index (χ0v) is 10.7. The Morgan fingerprint density at radius 3 is 3.00 bits per heavy atom. The lowest BCUT2D eigenvalue weighted by Crippen LogP contribution is -2.25. The van der Waals surface area contributed by atoms with Crippen LogP contribution in [0.2, 0.25) is 0 Å². The Hall–Kier alpha value is -1.42. The highest BCUT2D eigenvalue weighted by Crippen LogP contribution is 2.23. The summed E-state index contributed by atoms with van der Waals surface area (Å²) >= 11 is 0. The standard InChI is InChI=1S/C14H19FN2O/c1-2-7-18-8-3-6-17-10-11-4-5-12(15)9-13(11)14(17)16/h4-5,9,16H,2-3,6-8,10H2,1H3. The highest BCUT2D eigenvalue weighted by atomic mass is 19.1. The Labute approximate surface area is 107 Å². The zero-order valence-electron chi connectivity index (χ0n) is 10.7. The van der Waals surface area contributed by atoms with Gasteiger partial charge in [-0.3, -0.25) is 5.41 Å². The molecular formula is C14H19FN2O. The first-order valence-corrected chi connectivity index (χ1v) is 6.42. The van der Waals surface area contributed by atoms with Crippen LogP contribution in [-0.2, 0) is 11.3 Å². The topological polar surface area (TPSA) is 36.3 Å². The van der Waals surface area contributed by atoms with Crippen LogP contribution in [0.1, 0.15) is 30.9 Å². The maximum atomic E-state index is 13.1. The summed E-state index contributed by atoms with van der Waals surface area (Å²) < 4.78 is 18.5. The van der Waals surface area contributed by atoms with Crippen LogP contribution in [0, 0.1) is 11.2 Å². The van der Waals surface area contributed by atoms with Crippen molar-refractivity contribution in [1.29, 1.82) is 5.41 Å². The van der Waals surface area contributed by atoms with Gasteiger partial charge in [0.2, 0.25) is 0 Å². The first-order chi connectivity index (χ1) is 8.72. The van der Waals surface area contributed by atoms with Gasteiger partial charge in [-0.1, -0.05) is 13.0 Å². The number of ether oxygens (including phenoxy) is 1. The van der Waals surface area contributed by atoms with Crippen molar-refractivity contribution in [3.05, 3.63) is 35.1 Å². The quantitative estimate of drug-likeness (QED) is 0.788. The Bertz CT molecular complexity index is 434. The van der Waals surface area contributed by atoms with Crippen molar-refractivity contribution in [3.63, 3.8) is 0 Å². The average molecular weight is 250 g/mol. The van der Waals surface area contributed by atoms with E-state index in [9.17, 15) is 4.39 Å². The van der Waals surface area contributed by atoms with Gasteiger partial charge in [-0.2, -0.15) is 0 Å². The molecule has 0 amide bonds. The average Bonchev–Trinajstić information content (AvgIpc) is 2.67. The smallest absolute Gasteiger partial charge is 0.128 e. The molecule has 0 saturated carbocycles. The molecular weight excluding hydrogens is 231 g/mol. The zero-order chi connectivity index (χ0) is 13.0. The predicted molar refractivity (Wildman–Crippen MR) is 69.4 cm³/mol. The van der Waals surface area contributed by atoms with Crippen LogP contribution in [0.5, 0.6) is 0 Å². The van der Waals surface area contributed by atoms with Crippen LogP contribution in [0.15, 0.2) is 18.2 Å². The Kier molecular flexibility index (Phi) is 4.31. The fourth-order valence-electron chi connectivity index (χ4n) is 2.16. The van der Waals surface area contributed by atoms with E-state index >= 15 is 0 Å². The van der Waals surface area contributed by atoms with E-state index < -0.39 is 0 Å². The lowest BCUT2D eigenvalue weighted by atomic mass is 10.1. The highest BCUT2D eigenvalue weighted by Gasteiger charge is 2.23. The second kappa shape index (κ2) is 5.96. The van der Waals surface area contributed by atoms with Gasteiger partial charge >= 0.3 is 0 Å². The van der Waals surface area contributed by atoms with Crippen LogP contribution in [0.25, 0.3) is 0 Å². The van der Waals surface area contributed by atoms with Gasteiger partial charge in [0, 0.05) is 31.9 Å². The van der Waals surface area contributed by atoms with Crippen molar-refractivity contribution >= 4 is 5.84 Å². The highest BCUT2D eigenvalue weighted by molar-refractivity contribution is 6.00. The molecule has 18 heavy (non-hydrogen) atoms. The summed E-state index contributed by atoms with van der Waals surface area (Å²) in [6.07, 6.45) is 1.93. The van der Waals surface area contributed by atoms with Crippen molar-refractivity contribution in [2.24, 2.45) is 0 Å². The summed E-state index contributed by atoms with van der Waals surface area (Å²) in [6, 6.07) is 4.68. The molecule has 0 spiro atoms. The van der Waals surface area contributed by atoms with Crippen LogP contribution < -0.4 is 0 Å². The van der Waals surface area contributed by atoms with E-state index in [-0.39, 0.29) is 5.82 Å². The SMILES string of the molecule is CCCOCCCN1Cc2ccc(F)cc2C1=N. The van der Waals surface area contributed by atoms with E-state index in [1.54, 1.807) is 6.07 Å². The second-order valence-electron chi connectivity index (χ2n) is 4.54. The number of halogens is 1. The molecule has 0 aliphatic carbocycles. The molecule has 1 aliphatic heterocycles. The molecule has 2 rings (SSSR count). The summed E-state index contributed by atoms with van der Waals surface area (Å²) in [4.78, 5) is 1.97. The molecule has 1 aliphatic rings. The number of hydrogen-bond acceptors (Lipinski definition) is 2. The molecule has 1 N–H and O–H groups in total. The van der Waals surface area contributed by atoms with E-state index in [1.807, 2.05) is 4.90 Å². The van der Waals surface area contributed by atoms with Crippen LogP contribution >= 0.6 is 0 Å². The van der Waals surface area contributed by atoms with Gasteiger partial charge in [-0.15, -0.1) is 0 Å². The first-order valence-electron chi connectivity index (χ1n) is 6.42. The van der Waals surface area contributed by atoms with Gasteiger partial charge in [0.1, 0.15) is 11.7 Å². The number of benzene rings is 1. The maximum Gasteiger partial charge on any atom is 0.128 e. The molecule has 1 heterocycles. The number of hydrogen-bond donors (Lipinski definition) is 1. The minimum Gasteiger partial charge on any atom is -0.381 e. The molecule has 0 atom stereocenters. The van der Waals surface area contributed by atoms with E-state index in [4.69, 9.17) is 10.1 Å². The van der Waals surface area contributed by atoms with Crippen molar-refractivity contribution < 1.29 is 9.13 Å². The van der Waals surface area contributed by atoms with E-state index in [2.05, 4.69) is 6.92 Å². The maximum absolute atomic E-state index is 13.1. The molecule has 98 valence electrons. The van der Waals surface area contributed by atoms with Crippen LogP contribution in [-0.4, -0.2) is 30.5 Å². The fraction of sp³-hybridized carbons (Fsp3) is 0.500. The summed E-state index contributed by atoms with van der Waals surface area (Å²) in [5.41, 5.74) is 1.76. The van der Waals surface area contributed by atoms with Crippen molar-refractivity contribution in [2.75, 3.05) is 19.8 Å². The fourth-order valence-corrected chi connectivity index (χ4v) is 2.16. The Balaban J connectivity index is 1.85. The first kappa shape index (κ1) is 13.0. The van der Waals surface area contributed by atoms with Crippen molar-refractivity contribution in [3.8, 4) is 0 Å². The minimum absolute atomic E-state index is 0.272. The molecule has 0 unspecified atom stereocenters. The third-order valence-electron chi connectivity index (χ3n) is 3.07. The molecule has 0 fully saturated rings. The summed E-state index contributed by atoms with van der Waals surface area (Å²) in [5, 5.41) is 8.02. The minimum atomic E-state index is -0.272. The molecule has 0 radical (unpaired) electrons. The van der Waals surface area contributed by atoms with Crippen LogP contribution in [0.4, 0.5) is 4.39 Å². The van der Waals surface area contributed by atoms with Crippen LogP contribution in [0.3, 0.4) is 0 Å². The normalized spacial score (nSPS) is 14.1. The Morgan fingerprint density at radius 1 is 1.39 bits per heavy atom. The lowest BCUT2D eigenvalue weighted by molar-refractivity contribution is 0.127. The summed E-state index contributed by atoms with van der Waals surface area (Å²) in [6.45, 7) is 5.10. The van der Waals surface area contributed by atoms with Gasteiger partial charge in [0.25, 0.3) is 0 Å². The van der Waals surface area contributed by atoms with Gasteiger partial charge in [-0.25, -0.2) is 4.39 Å². The third-order valence-corrected chi connectivity index (χ3v) is 3.07. The molecule has 1 aromatic rings. The molecule has 3 nitrogen and oxygen atoms in total. The molecule has 0 saturated heterocycles. The van der Waals surface area contributed by atoms with Gasteiger partial charge in [0.05, 0.1) is 0 Å². The summed E-state index contributed by atoms with van der Waals surface area (Å²) in [7, 11) is 0. The molecule has 0 bridgehead atoms. The van der Waals surface area contributed by atoms with Gasteiger partial charge in [0.15, 0.2) is 0 Å². The van der Waals surface area contributed by atoms with Gasteiger partial charge < -0.3 is 9.64 Å². The molecule has 1 aromatic carbocycles. The number of amidine groups is 1. The third kappa shape index (κ3) is 2.88. The van der Waals surface area contributed by atoms with Gasteiger partial charge in [-0.05, 0) is 30.5 Å². The largest absolute Gasteiger partial charge is 0.381 e. The lowest BCUT2D eigenvalue weighted by Gasteiger charge is -2.17.